The van der Waals surface area contributed by atoms with Gasteiger partial charge in [0.05, 0.1) is 0 Å². The molecule has 0 aliphatic carbocycles. The van der Waals surface area contributed by atoms with Crippen molar-refractivity contribution in [2.45, 2.75) is 6.92 Å². The minimum Gasteiger partial charge on any atom is -0.352 e. The Kier molecular flexibility index (Phi) is 3.05. The first-order valence-corrected chi connectivity index (χ1v) is 5.26. The number of benzene rings is 1. The normalized spacial score (nSPS) is 10.1. The molecule has 2 aromatic rings. The molecule has 0 aliphatic heterocycles. The molecule has 0 atom stereocenters. The van der Waals surface area contributed by atoms with Crippen LogP contribution >= 0.6 is 0 Å². The van der Waals surface area contributed by atoms with E-state index in [0.717, 1.165) is 11.6 Å². The maximum Gasteiger partial charge on any atom is 0.207 e. The SMILES string of the molecule is C=CCNc1nccn1-c1cccc(C)c1. The van der Waals surface area contributed by atoms with E-state index >= 15 is 0 Å². The summed E-state index contributed by atoms with van der Waals surface area (Å²) >= 11 is 0. The summed E-state index contributed by atoms with van der Waals surface area (Å²) in [5.41, 5.74) is 2.35. The van der Waals surface area contributed by atoms with Gasteiger partial charge in [0.15, 0.2) is 0 Å². The minimum atomic E-state index is 0.711. The molecule has 0 amide bonds. The number of aryl methyl sites for hydroxylation is 1. The molecule has 0 bridgehead atoms. The van der Waals surface area contributed by atoms with E-state index < -0.39 is 0 Å². The maximum atomic E-state index is 4.26. The molecule has 0 fully saturated rings. The summed E-state index contributed by atoms with van der Waals surface area (Å²) in [4.78, 5) is 4.26. The van der Waals surface area contributed by atoms with Gasteiger partial charge in [0.25, 0.3) is 0 Å². The molecule has 1 N–H and O–H groups in total. The molecular weight excluding hydrogens is 198 g/mol. The second-order valence-corrected chi connectivity index (χ2v) is 3.63. The fourth-order valence-corrected chi connectivity index (χ4v) is 1.58. The summed E-state index contributed by atoms with van der Waals surface area (Å²) in [6.07, 6.45) is 5.54. The van der Waals surface area contributed by atoms with Crippen molar-refractivity contribution < 1.29 is 0 Å². The van der Waals surface area contributed by atoms with Crippen LogP contribution in [0.4, 0.5) is 5.95 Å². The number of imidazole rings is 1. The van der Waals surface area contributed by atoms with Crippen LogP contribution in [0.5, 0.6) is 0 Å². The van der Waals surface area contributed by atoms with Crippen LogP contribution in [-0.4, -0.2) is 16.1 Å². The van der Waals surface area contributed by atoms with Gasteiger partial charge in [-0.1, -0.05) is 18.2 Å². The van der Waals surface area contributed by atoms with Crippen molar-refractivity contribution in [3.05, 3.63) is 54.9 Å². The molecule has 0 radical (unpaired) electrons. The van der Waals surface area contributed by atoms with Crippen LogP contribution in [0.15, 0.2) is 49.3 Å². The summed E-state index contributed by atoms with van der Waals surface area (Å²) in [7, 11) is 0. The van der Waals surface area contributed by atoms with E-state index in [1.165, 1.54) is 5.56 Å². The summed E-state index contributed by atoms with van der Waals surface area (Å²) in [5, 5.41) is 3.19. The van der Waals surface area contributed by atoms with Gasteiger partial charge < -0.3 is 5.32 Å². The topological polar surface area (TPSA) is 29.9 Å². The molecule has 3 heteroatoms. The van der Waals surface area contributed by atoms with Gasteiger partial charge in [-0.25, -0.2) is 4.98 Å². The first-order chi connectivity index (χ1) is 7.81. The molecule has 0 aliphatic rings. The molecule has 0 saturated heterocycles. The van der Waals surface area contributed by atoms with Gasteiger partial charge in [0, 0.05) is 24.6 Å². The van der Waals surface area contributed by atoms with Crippen molar-refractivity contribution in [2.24, 2.45) is 0 Å². The Morgan fingerprint density at radius 1 is 1.50 bits per heavy atom. The van der Waals surface area contributed by atoms with E-state index in [0.29, 0.717) is 6.54 Å². The molecule has 0 saturated carbocycles. The van der Waals surface area contributed by atoms with Gasteiger partial charge in [-0.2, -0.15) is 0 Å². The van der Waals surface area contributed by atoms with Crippen LogP contribution in [0.25, 0.3) is 5.69 Å². The van der Waals surface area contributed by atoms with E-state index in [2.05, 4.69) is 42.0 Å². The van der Waals surface area contributed by atoms with Crippen molar-refractivity contribution in [1.82, 2.24) is 9.55 Å². The fraction of sp³-hybridized carbons (Fsp3) is 0.154. The van der Waals surface area contributed by atoms with Crippen LogP contribution in [0.1, 0.15) is 5.56 Å². The Hall–Kier alpha value is -2.03. The van der Waals surface area contributed by atoms with Crippen molar-refractivity contribution >= 4 is 5.95 Å². The monoisotopic (exact) mass is 213 g/mol. The zero-order chi connectivity index (χ0) is 11.4. The van der Waals surface area contributed by atoms with Crippen molar-refractivity contribution in [3.8, 4) is 5.69 Å². The highest BCUT2D eigenvalue weighted by Crippen LogP contribution is 2.15. The van der Waals surface area contributed by atoms with Crippen LogP contribution < -0.4 is 5.32 Å². The lowest BCUT2D eigenvalue weighted by atomic mass is 10.2. The number of rotatable bonds is 4. The summed E-state index contributed by atoms with van der Waals surface area (Å²) in [6.45, 7) is 6.47. The molecular formula is C13H15N3. The van der Waals surface area contributed by atoms with Gasteiger partial charge in [-0.3, -0.25) is 4.57 Å². The number of nitrogens with one attached hydrogen (secondary N) is 1. The van der Waals surface area contributed by atoms with Gasteiger partial charge in [0.2, 0.25) is 5.95 Å². The lowest BCUT2D eigenvalue weighted by Gasteiger charge is -2.08. The van der Waals surface area contributed by atoms with Crippen LogP contribution in [0.3, 0.4) is 0 Å². The number of anilines is 1. The summed E-state index contributed by atoms with van der Waals surface area (Å²) in [6, 6.07) is 8.31. The first kappa shape index (κ1) is 10.5. The molecule has 3 nitrogen and oxygen atoms in total. The highest BCUT2D eigenvalue weighted by molar-refractivity contribution is 5.43. The second-order valence-electron chi connectivity index (χ2n) is 3.63. The van der Waals surface area contributed by atoms with Crippen molar-refractivity contribution in [2.75, 3.05) is 11.9 Å². The zero-order valence-electron chi connectivity index (χ0n) is 9.35. The van der Waals surface area contributed by atoms with E-state index in [9.17, 15) is 0 Å². The molecule has 16 heavy (non-hydrogen) atoms. The molecule has 0 unspecified atom stereocenters. The number of aromatic nitrogens is 2. The molecule has 2 rings (SSSR count). The summed E-state index contributed by atoms with van der Waals surface area (Å²) in [5.74, 6) is 0.838. The van der Waals surface area contributed by atoms with Gasteiger partial charge >= 0.3 is 0 Å². The lowest BCUT2D eigenvalue weighted by molar-refractivity contribution is 1.04. The molecule has 1 aromatic carbocycles. The first-order valence-electron chi connectivity index (χ1n) is 5.26. The van der Waals surface area contributed by atoms with Gasteiger partial charge in [-0.05, 0) is 24.6 Å². The van der Waals surface area contributed by atoms with Gasteiger partial charge in [-0.15, -0.1) is 6.58 Å². The third-order valence-electron chi connectivity index (χ3n) is 2.33. The highest BCUT2D eigenvalue weighted by atomic mass is 15.2. The van der Waals surface area contributed by atoms with Crippen molar-refractivity contribution in [3.63, 3.8) is 0 Å². The lowest BCUT2D eigenvalue weighted by Crippen LogP contribution is -2.05. The Morgan fingerprint density at radius 3 is 3.12 bits per heavy atom. The standard InChI is InChI=1S/C13H15N3/c1-3-7-14-13-15-8-9-16(13)12-6-4-5-11(2)10-12/h3-6,8-10H,1,7H2,2H3,(H,14,15). The fourth-order valence-electron chi connectivity index (χ4n) is 1.58. The number of nitrogens with zero attached hydrogens (tertiary/aromatic N) is 2. The van der Waals surface area contributed by atoms with Crippen molar-refractivity contribution in [1.29, 1.82) is 0 Å². The maximum absolute atomic E-state index is 4.26. The predicted molar refractivity (Wildman–Crippen MR) is 67.0 cm³/mol. The van der Waals surface area contributed by atoms with E-state index in [4.69, 9.17) is 0 Å². The predicted octanol–water partition coefficient (Wildman–Crippen LogP) is 2.78. The molecule has 82 valence electrons. The smallest absolute Gasteiger partial charge is 0.207 e. The summed E-state index contributed by atoms with van der Waals surface area (Å²) < 4.78 is 2.02. The average Bonchev–Trinajstić information content (AvgIpc) is 2.74. The largest absolute Gasteiger partial charge is 0.352 e. The van der Waals surface area contributed by atoms with Gasteiger partial charge in [0.1, 0.15) is 0 Å². The zero-order valence-corrected chi connectivity index (χ0v) is 9.35. The average molecular weight is 213 g/mol. The Morgan fingerprint density at radius 2 is 2.38 bits per heavy atom. The Balaban J connectivity index is 2.32. The second kappa shape index (κ2) is 4.66. The number of hydrogen-bond donors (Lipinski definition) is 1. The molecule has 0 spiro atoms. The van der Waals surface area contributed by atoms with Crippen LogP contribution in [0.2, 0.25) is 0 Å². The Labute approximate surface area is 95.4 Å². The third-order valence-corrected chi connectivity index (χ3v) is 2.33. The molecule has 1 heterocycles. The quantitative estimate of drug-likeness (QED) is 0.791. The van der Waals surface area contributed by atoms with E-state index in [-0.39, 0.29) is 0 Å². The number of hydrogen-bond acceptors (Lipinski definition) is 2. The Bertz CT molecular complexity index is 485. The van der Waals surface area contributed by atoms with E-state index in [1.54, 1.807) is 6.20 Å². The van der Waals surface area contributed by atoms with Crippen LogP contribution in [0, 0.1) is 6.92 Å². The highest BCUT2D eigenvalue weighted by Gasteiger charge is 2.03. The third kappa shape index (κ3) is 2.14. The minimum absolute atomic E-state index is 0.711. The molecule has 1 aromatic heterocycles. The van der Waals surface area contributed by atoms with Crippen LogP contribution in [-0.2, 0) is 0 Å². The van der Waals surface area contributed by atoms with E-state index in [1.807, 2.05) is 22.9 Å².